The lowest BCUT2D eigenvalue weighted by molar-refractivity contribution is 0.102. The second kappa shape index (κ2) is 10.9. The summed E-state index contributed by atoms with van der Waals surface area (Å²) in [4.78, 5) is 21.0. The van der Waals surface area contributed by atoms with Crippen molar-refractivity contribution in [2.24, 2.45) is 0 Å². The first kappa shape index (κ1) is 22.7. The Kier molecular flexibility index (Phi) is 7.29. The van der Waals surface area contributed by atoms with Crippen molar-refractivity contribution in [1.82, 2.24) is 9.97 Å². The summed E-state index contributed by atoms with van der Waals surface area (Å²) in [7, 11) is 0. The molecule has 2 aromatic carbocycles. The van der Waals surface area contributed by atoms with E-state index in [1.807, 2.05) is 19.1 Å². The molecule has 2 aromatic heterocycles. The predicted molar refractivity (Wildman–Crippen MR) is 125 cm³/mol. The van der Waals surface area contributed by atoms with Crippen LogP contribution in [-0.4, -0.2) is 22.5 Å². The van der Waals surface area contributed by atoms with Gasteiger partial charge in [0.15, 0.2) is 11.5 Å². The fourth-order valence-corrected chi connectivity index (χ4v) is 3.02. The second-order valence-electron chi connectivity index (χ2n) is 7.14. The van der Waals surface area contributed by atoms with Gasteiger partial charge in [0.2, 0.25) is 5.88 Å². The number of hydrogen-bond donors (Lipinski definition) is 1. The van der Waals surface area contributed by atoms with E-state index in [9.17, 15) is 9.18 Å². The third-order valence-electron chi connectivity index (χ3n) is 4.65. The van der Waals surface area contributed by atoms with Crippen LogP contribution in [0.25, 0.3) is 0 Å². The molecule has 0 aliphatic carbocycles. The monoisotopic (exact) mass is 459 g/mol. The van der Waals surface area contributed by atoms with Gasteiger partial charge in [-0.2, -0.15) is 0 Å². The standard InChI is InChI=1S/C26H22FN3O4/c1-2-32-24-14-19(5-11-23(24)33-17-18-4-3-13-28-15-18)26(31)30-21-8-12-25(29-16-21)34-22-9-6-20(27)7-10-22/h3-16H,2,17H2,1H3,(H,30,31). The average molecular weight is 459 g/mol. The normalized spacial score (nSPS) is 10.4. The van der Waals surface area contributed by atoms with Crippen LogP contribution in [0.4, 0.5) is 10.1 Å². The van der Waals surface area contributed by atoms with Crippen LogP contribution in [0.1, 0.15) is 22.8 Å². The van der Waals surface area contributed by atoms with Gasteiger partial charge in [-0.3, -0.25) is 9.78 Å². The molecule has 0 unspecified atom stereocenters. The Morgan fingerprint density at radius 3 is 2.53 bits per heavy atom. The number of ether oxygens (including phenoxy) is 3. The molecule has 0 spiro atoms. The summed E-state index contributed by atoms with van der Waals surface area (Å²) in [5.74, 6) is 1.11. The van der Waals surface area contributed by atoms with Gasteiger partial charge in [-0.1, -0.05) is 6.07 Å². The maximum Gasteiger partial charge on any atom is 0.255 e. The number of amides is 1. The minimum absolute atomic E-state index is 0.318. The minimum Gasteiger partial charge on any atom is -0.490 e. The van der Waals surface area contributed by atoms with Crippen LogP contribution in [0.3, 0.4) is 0 Å². The van der Waals surface area contributed by atoms with Gasteiger partial charge in [-0.15, -0.1) is 0 Å². The SMILES string of the molecule is CCOc1cc(C(=O)Nc2ccc(Oc3ccc(F)cc3)nc2)ccc1OCc1cccnc1. The van der Waals surface area contributed by atoms with Crippen LogP contribution in [0.2, 0.25) is 0 Å². The molecule has 7 nitrogen and oxygen atoms in total. The van der Waals surface area contributed by atoms with Crippen molar-refractivity contribution in [3.8, 4) is 23.1 Å². The van der Waals surface area contributed by atoms with E-state index >= 15 is 0 Å². The van der Waals surface area contributed by atoms with E-state index in [4.69, 9.17) is 14.2 Å². The number of aromatic nitrogens is 2. The first-order valence-electron chi connectivity index (χ1n) is 10.6. The highest BCUT2D eigenvalue weighted by atomic mass is 19.1. The topological polar surface area (TPSA) is 82.6 Å². The number of hydrogen-bond acceptors (Lipinski definition) is 6. The van der Waals surface area contributed by atoms with Crippen LogP contribution >= 0.6 is 0 Å². The number of carbonyl (C=O) groups excluding carboxylic acids is 1. The van der Waals surface area contributed by atoms with Crippen LogP contribution in [0, 0.1) is 5.82 Å². The molecule has 0 radical (unpaired) electrons. The number of rotatable bonds is 9. The summed E-state index contributed by atoms with van der Waals surface area (Å²) in [6, 6.07) is 17.6. The van der Waals surface area contributed by atoms with Gasteiger partial charge >= 0.3 is 0 Å². The average Bonchev–Trinajstić information content (AvgIpc) is 2.86. The first-order valence-corrected chi connectivity index (χ1v) is 10.6. The van der Waals surface area contributed by atoms with Gasteiger partial charge in [0.05, 0.1) is 18.5 Å². The van der Waals surface area contributed by atoms with Gasteiger partial charge in [-0.05, 0) is 61.5 Å². The van der Waals surface area contributed by atoms with E-state index in [1.54, 1.807) is 42.7 Å². The van der Waals surface area contributed by atoms with Gasteiger partial charge in [0.25, 0.3) is 5.91 Å². The number of anilines is 1. The van der Waals surface area contributed by atoms with Gasteiger partial charge in [0, 0.05) is 29.6 Å². The van der Waals surface area contributed by atoms with Gasteiger partial charge < -0.3 is 19.5 Å². The molecule has 0 saturated carbocycles. The van der Waals surface area contributed by atoms with Gasteiger partial charge in [-0.25, -0.2) is 9.37 Å². The molecule has 0 aliphatic rings. The van der Waals surface area contributed by atoms with E-state index < -0.39 is 0 Å². The number of nitrogens with one attached hydrogen (secondary N) is 1. The Morgan fingerprint density at radius 1 is 0.971 bits per heavy atom. The van der Waals surface area contributed by atoms with Crippen molar-refractivity contribution >= 4 is 11.6 Å². The first-order chi connectivity index (χ1) is 16.6. The maximum absolute atomic E-state index is 13.0. The highest BCUT2D eigenvalue weighted by molar-refractivity contribution is 6.04. The summed E-state index contributed by atoms with van der Waals surface area (Å²) >= 11 is 0. The Balaban J connectivity index is 1.40. The third kappa shape index (κ3) is 6.07. The summed E-state index contributed by atoms with van der Waals surface area (Å²) in [6.45, 7) is 2.62. The minimum atomic E-state index is -0.348. The molecule has 4 rings (SSSR count). The van der Waals surface area contributed by atoms with Crippen molar-refractivity contribution in [1.29, 1.82) is 0 Å². The molecule has 1 amide bonds. The number of carbonyl (C=O) groups is 1. The lowest BCUT2D eigenvalue weighted by atomic mass is 10.2. The van der Waals surface area contributed by atoms with E-state index in [2.05, 4.69) is 15.3 Å². The zero-order valence-corrected chi connectivity index (χ0v) is 18.4. The summed E-state index contributed by atoms with van der Waals surface area (Å²) in [5.41, 5.74) is 1.82. The molecule has 172 valence electrons. The number of halogens is 1. The van der Waals surface area contributed by atoms with Crippen molar-refractivity contribution in [2.75, 3.05) is 11.9 Å². The largest absolute Gasteiger partial charge is 0.490 e. The Morgan fingerprint density at radius 2 is 1.82 bits per heavy atom. The molecular weight excluding hydrogens is 437 g/mol. The molecule has 0 bridgehead atoms. The van der Waals surface area contributed by atoms with Crippen LogP contribution in [0.5, 0.6) is 23.1 Å². The molecule has 0 atom stereocenters. The summed E-state index contributed by atoms with van der Waals surface area (Å²) in [6.07, 6.45) is 4.90. The predicted octanol–water partition coefficient (Wildman–Crippen LogP) is 5.64. The van der Waals surface area contributed by atoms with Crippen molar-refractivity contribution in [3.05, 3.63) is 102 Å². The zero-order valence-electron chi connectivity index (χ0n) is 18.4. The maximum atomic E-state index is 13.0. The fraction of sp³-hybridized carbons (Fsp3) is 0.115. The number of benzene rings is 2. The molecule has 4 aromatic rings. The molecule has 0 aliphatic heterocycles. The van der Waals surface area contributed by atoms with Gasteiger partial charge in [0.1, 0.15) is 18.2 Å². The van der Waals surface area contributed by atoms with Crippen molar-refractivity contribution < 1.29 is 23.4 Å². The van der Waals surface area contributed by atoms with Crippen LogP contribution in [-0.2, 0) is 6.61 Å². The number of pyridine rings is 2. The molecule has 1 N–H and O–H groups in total. The summed E-state index contributed by atoms with van der Waals surface area (Å²) < 4.78 is 30.1. The molecule has 8 heteroatoms. The highest BCUT2D eigenvalue weighted by Gasteiger charge is 2.13. The van der Waals surface area contributed by atoms with Crippen LogP contribution < -0.4 is 19.5 Å². The quantitative estimate of drug-likeness (QED) is 0.349. The molecular formula is C26H22FN3O4. The smallest absolute Gasteiger partial charge is 0.255 e. The molecule has 2 heterocycles. The lowest BCUT2D eigenvalue weighted by Gasteiger charge is -2.13. The van der Waals surface area contributed by atoms with Crippen molar-refractivity contribution in [3.63, 3.8) is 0 Å². The highest BCUT2D eigenvalue weighted by Crippen LogP contribution is 2.30. The second-order valence-corrected chi connectivity index (χ2v) is 7.14. The van der Waals surface area contributed by atoms with E-state index in [-0.39, 0.29) is 11.7 Å². The Hall–Kier alpha value is -4.46. The zero-order chi connectivity index (χ0) is 23.8. The lowest BCUT2D eigenvalue weighted by Crippen LogP contribution is -2.12. The molecule has 34 heavy (non-hydrogen) atoms. The third-order valence-corrected chi connectivity index (χ3v) is 4.65. The van der Waals surface area contributed by atoms with E-state index in [1.165, 1.54) is 30.5 Å². The Labute approximate surface area is 196 Å². The van der Waals surface area contributed by atoms with E-state index in [0.29, 0.717) is 47.6 Å². The Bertz CT molecular complexity index is 1230. The summed E-state index contributed by atoms with van der Waals surface area (Å²) in [5, 5.41) is 2.79. The van der Waals surface area contributed by atoms with Crippen LogP contribution in [0.15, 0.2) is 85.3 Å². The fourth-order valence-electron chi connectivity index (χ4n) is 3.02. The number of nitrogens with zero attached hydrogens (tertiary/aromatic N) is 2. The molecule has 0 fully saturated rings. The van der Waals surface area contributed by atoms with Crippen molar-refractivity contribution in [2.45, 2.75) is 13.5 Å². The molecule has 0 saturated heterocycles. The van der Waals surface area contributed by atoms with E-state index in [0.717, 1.165) is 5.56 Å².